The van der Waals surface area contributed by atoms with E-state index in [9.17, 15) is 0 Å². The molecule has 1 N–H and O–H groups in total. The van der Waals surface area contributed by atoms with E-state index in [1.165, 1.54) is 24.9 Å². The van der Waals surface area contributed by atoms with Gasteiger partial charge in [0.05, 0.1) is 0 Å². The Morgan fingerprint density at radius 1 is 1.43 bits per heavy atom. The summed E-state index contributed by atoms with van der Waals surface area (Å²) in [6.07, 6.45) is 4.65. The van der Waals surface area contributed by atoms with Crippen LogP contribution in [0.4, 0.5) is 5.82 Å². The van der Waals surface area contributed by atoms with Crippen molar-refractivity contribution in [2.45, 2.75) is 45.3 Å². The SMILES string of the molecule is CNCC1CCCN1Cc1ccc(N(C)C(C)C)nc1.Cl. The summed E-state index contributed by atoms with van der Waals surface area (Å²) < 4.78 is 0. The zero-order chi connectivity index (χ0) is 14.5. The second-order valence-corrected chi connectivity index (χ2v) is 6.05. The number of hydrogen-bond acceptors (Lipinski definition) is 4. The van der Waals surface area contributed by atoms with Crippen LogP contribution in [0.25, 0.3) is 0 Å². The summed E-state index contributed by atoms with van der Waals surface area (Å²) >= 11 is 0. The van der Waals surface area contributed by atoms with Crippen LogP contribution in [0.2, 0.25) is 0 Å². The fraction of sp³-hybridized carbons (Fsp3) is 0.688. The van der Waals surface area contributed by atoms with E-state index in [2.05, 4.69) is 53.1 Å². The molecule has 2 rings (SSSR count). The number of halogens is 1. The van der Waals surface area contributed by atoms with Crippen LogP contribution < -0.4 is 10.2 Å². The summed E-state index contributed by atoms with van der Waals surface area (Å²) in [5.74, 6) is 1.05. The van der Waals surface area contributed by atoms with Crippen molar-refractivity contribution in [1.82, 2.24) is 15.2 Å². The summed E-state index contributed by atoms with van der Waals surface area (Å²) in [5.41, 5.74) is 1.31. The predicted octanol–water partition coefficient (Wildman–Crippen LogP) is 2.53. The van der Waals surface area contributed by atoms with Crippen molar-refractivity contribution in [1.29, 1.82) is 0 Å². The number of likely N-dealkylation sites (N-methyl/N-ethyl adjacent to an activating group) is 1. The van der Waals surface area contributed by atoms with Gasteiger partial charge in [0.15, 0.2) is 0 Å². The molecule has 1 aliphatic heterocycles. The van der Waals surface area contributed by atoms with Crippen LogP contribution >= 0.6 is 12.4 Å². The summed E-state index contributed by atoms with van der Waals surface area (Å²) in [6.45, 7) is 7.68. The van der Waals surface area contributed by atoms with Gasteiger partial charge in [0.1, 0.15) is 5.82 Å². The first-order valence-electron chi connectivity index (χ1n) is 7.68. The zero-order valence-electron chi connectivity index (χ0n) is 13.7. The number of pyridine rings is 1. The van der Waals surface area contributed by atoms with Crippen LogP contribution in [0.15, 0.2) is 18.3 Å². The number of hydrogen-bond donors (Lipinski definition) is 1. The average molecular weight is 313 g/mol. The fourth-order valence-corrected chi connectivity index (χ4v) is 2.79. The molecule has 2 heterocycles. The molecule has 1 aromatic rings. The number of nitrogens with one attached hydrogen (secondary N) is 1. The summed E-state index contributed by atoms with van der Waals surface area (Å²) in [7, 11) is 4.13. The molecule has 1 unspecified atom stereocenters. The maximum absolute atomic E-state index is 4.60. The van der Waals surface area contributed by atoms with Gasteiger partial charge in [-0.3, -0.25) is 4.90 Å². The number of anilines is 1. The molecule has 0 aliphatic carbocycles. The minimum Gasteiger partial charge on any atom is -0.357 e. The van der Waals surface area contributed by atoms with Crippen LogP contribution in [0.5, 0.6) is 0 Å². The van der Waals surface area contributed by atoms with Gasteiger partial charge in [0.25, 0.3) is 0 Å². The average Bonchev–Trinajstić information content (AvgIpc) is 2.86. The predicted molar refractivity (Wildman–Crippen MR) is 92.4 cm³/mol. The lowest BCUT2D eigenvalue weighted by Crippen LogP contribution is -2.36. The van der Waals surface area contributed by atoms with Gasteiger partial charge in [-0.05, 0) is 51.9 Å². The van der Waals surface area contributed by atoms with Crippen molar-refractivity contribution in [2.24, 2.45) is 0 Å². The first kappa shape index (κ1) is 18.2. The van der Waals surface area contributed by atoms with E-state index >= 15 is 0 Å². The monoisotopic (exact) mass is 312 g/mol. The summed E-state index contributed by atoms with van der Waals surface area (Å²) in [6, 6.07) is 5.51. The van der Waals surface area contributed by atoms with Crippen molar-refractivity contribution in [3.8, 4) is 0 Å². The molecule has 1 saturated heterocycles. The highest BCUT2D eigenvalue weighted by molar-refractivity contribution is 5.85. The molecule has 0 spiro atoms. The number of rotatable bonds is 6. The van der Waals surface area contributed by atoms with E-state index in [0.717, 1.165) is 18.9 Å². The normalized spacial score (nSPS) is 18.8. The van der Waals surface area contributed by atoms with E-state index in [4.69, 9.17) is 0 Å². The van der Waals surface area contributed by atoms with Gasteiger partial charge in [0.2, 0.25) is 0 Å². The molecule has 0 bridgehead atoms. The van der Waals surface area contributed by atoms with Gasteiger partial charge in [0, 0.05) is 38.4 Å². The van der Waals surface area contributed by atoms with Gasteiger partial charge >= 0.3 is 0 Å². The molecule has 0 amide bonds. The Labute approximate surface area is 135 Å². The molecule has 120 valence electrons. The van der Waals surface area contributed by atoms with Crippen molar-refractivity contribution in [3.05, 3.63) is 23.9 Å². The molecule has 1 aromatic heterocycles. The van der Waals surface area contributed by atoms with Crippen LogP contribution in [-0.2, 0) is 6.54 Å². The Balaban J connectivity index is 0.00000220. The molecule has 1 fully saturated rings. The van der Waals surface area contributed by atoms with Gasteiger partial charge in [-0.15, -0.1) is 12.4 Å². The topological polar surface area (TPSA) is 31.4 Å². The standard InChI is InChI=1S/C16H28N4.ClH/c1-13(2)19(4)16-8-7-14(10-18-16)12-20-9-5-6-15(20)11-17-3;/h7-8,10,13,15,17H,5-6,9,11-12H2,1-4H3;1H. The Morgan fingerprint density at radius 3 is 2.76 bits per heavy atom. The van der Waals surface area contributed by atoms with Gasteiger partial charge < -0.3 is 10.2 Å². The maximum atomic E-state index is 4.60. The van der Waals surface area contributed by atoms with E-state index in [0.29, 0.717) is 12.1 Å². The lowest BCUT2D eigenvalue weighted by atomic mass is 10.2. The van der Waals surface area contributed by atoms with Crippen molar-refractivity contribution < 1.29 is 0 Å². The lowest BCUT2D eigenvalue weighted by molar-refractivity contribution is 0.242. The van der Waals surface area contributed by atoms with Gasteiger partial charge in [-0.25, -0.2) is 4.98 Å². The Morgan fingerprint density at radius 2 is 2.19 bits per heavy atom. The van der Waals surface area contributed by atoms with Crippen LogP contribution in [0, 0.1) is 0 Å². The third-order valence-corrected chi connectivity index (χ3v) is 4.27. The minimum atomic E-state index is 0. The second kappa shape index (κ2) is 8.57. The smallest absolute Gasteiger partial charge is 0.128 e. The van der Waals surface area contributed by atoms with E-state index in [1.54, 1.807) is 0 Å². The van der Waals surface area contributed by atoms with Crippen LogP contribution in [-0.4, -0.2) is 49.2 Å². The van der Waals surface area contributed by atoms with Crippen molar-refractivity contribution in [3.63, 3.8) is 0 Å². The quantitative estimate of drug-likeness (QED) is 0.874. The highest BCUT2D eigenvalue weighted by atomic mass is 35.5. The zero-order valence-corrected chi connectivity index (χ0v) is 14.5. The Bertz CT molecular complexity index is 407. The molecule has 21 heavy (non-hydrogen) atoms. The number of nitrogens with zero attached hydrogens (tertiary/aromatic N) is 3. The third kappa shape index (κ3) is 4.83. The lowest BCUT2D eigenvalue weighted by Gasteiger charge is -2.25. The summed E-state index contributed by atoms with van der Waals surface area (Å²) in [4.78, 5) is 9.36. The summed E-state index contributed by atoms with van der Waals surface area (Å²) in [5, 5.41) is 3.30. The third-order valence-electron chi connectivity index (χ3n) is 4.27. The first-order chi connectivity index (χ1) is 9.61. The highest BCUT2D eigenvalue weighted by Crippen LogP contribution is 2.20. The van der Waals surface area contributed by atoms with Gasteiger partial charge in [-0.2, -0.15) is 0 Å². The Hall–Kier alpha value is -0.840. The van der Waals surface area contributed by atoms with E-state index < -0.39 is 0 Å². The molecule has 0 radical (unpaired) electrons. The molecule has 0 saturated carbocycles. The van der Waals surface area contributed by atoms with Crippen LogP contribution in [0.3, 0.4) is 0 Å². The molecular formula is C16H29ClN4. The molecule has 5 heteroatoms. The number of likely N-dealkylation sites (tertiary alicyclic amines) is 1. The van der Waals surface area contributed by atoms with Crippen LogP contribution in [0.1, 0.15) is 32.3 Å². The van der Waals surface area contributed by atoms with Crippen molar-refractivity contribution >= 4 is 18.2 Å². The molecule has 1 aliphatic rings. The fourth-order valence-electron chi connectivity index (χ4n) is 2.79. The van der Waals surface area contributed by atoms with E-state index in [1.807, 2.05) is 13.2 Å². The molecule has 1 atom stereocenters. The second-order valence-electron chi connectivity index (χ2n) is 6.05. The first-order valence-corrected chi connectivity index (χ1v) is 7.68. The number of aromatic nitrogens is 1. The highest BCUT2D eigenvalue weighted by Gasteiger charge is 2.23. The molecule has 4 nitrogen and oxygen atoms in total. The molecule has 0 aromatic carbocycles. The Kier molecular flexibility index (Phi) is 7.43. The molecular weight excluding hydrogens is 284 g/mol. The van der Waals surface area contributed by atoms with E-state index in [-0.39, 0.29) is 12.4 Å². The maximum Gasteiger partial charge on any atom is 0.128 e. The minimum absolute atomic E-state index is 0. The van der Waals surface area contributed by atoms with Gasteiger partial charge in [-0.1, -0.05) is 6.07 Å². The largest absolute Gasteiger partial charge is 0.357 e. The van der Waals surface area contributed by atoms with Crippen molar-refractivity contribution in [2.75, 3.05) is 32.1 Å².